The van der Waals surface area contributed by atoms with Gasteiger partial charge in [0, 0.05) is 30.2 Å². The van der Waals surface area contributed by atoms with Gasteiger partial charge < -0.3 is 18.6 Å². The minimum atomic E-state index is -0.723. The van der Waals surface area contributed by atoms with Crippen LogP contribution < -0.4 is 10.3 Å². The lowest BCUT2D eigenvalue weighted by Gasteiger charge is -2.27. The zero-order chi connectivity index (χ0) is 29.2. The van der Waals surface area contributed by atoms with Gasteiger partial charge in [-0.15, -0.1) is 10.2 Å². The van der Waals surface area contributed by atoms with E-state index in [4.69, 9.17) is 19.3 Å². The first-order valence-corrected chi connectivity index (χ1v) is 12.9. The second-order valence-corrected chi connectivity index (χ2v) is 9.58. The molecule has 1 N–H and O–H groups in total. The fourth-order valence-corrected chi connectivity index (χ4v) is 4.49. The Balaban J connectivity index is 1.23. The first kappa shape index (κ1) is 27.0. The maximum absolute atomic E-state index is 15.3. The molecule has 1 saturated heterocycles. The minimum absolute atomic E-state index is 0.0326. The van der Waals surface area contributed by atoms with Gasteiger partial charge in [0.15, 0.2) is 0 Å². The number of nitrogens with zero attached hydrogens (tertiary/aromatic N) is 5. The maximum atomic E-state index is 15.3. The Bertz CT molecular complexity index is 1870. The first-order valence-electron chi connectivity index (χ1n) is 12.9. The summed E-state index contributed by atoms with van der Waals surface area (Å²) in [5.41, 5.74) is -0.00344. The van der Waals surface area contributed by atoms with Crippen LogP contribution in [-0.4, -0.2) is 37.6 Å². The Morgan fingerprint density at radius 3 is 2.60 bits per heavy atom. The summed E-state index contributed by atoms with van der Waals surface area (Å²) in [7, 11) is 0. The molecule has 10 nitrogen and oxygen atoms in total. The summed E-state index contributed by atoms with van der Waals surface area (Å²) in [6, 6.07) is 13.8. The van der Waals surface area contributed by atoms with Crippen molar-refractivity contribution in [2.24, 2.45) is 0 Å². The van der Waals surface area contributed by atoms with E-state index in [-0.39, 0.29) is 64.5 Å². The molecule has 5 aromatic rings. The predicted molar refractivity (Wildman–Crippen MR) is 141 cm³/mol. The molecular formula is C29H21F3N6O4. The van der Waals surface area contributed by atoms with Crippen LogP contribution in [0, 0.1) is 28.8 Å². The predicted octanol–water partition coefficient (Wildman–Crippen LogP) is 4.54. The zero-order valence-electron chi connectivity index (χ0n) is 21.8. The summed E-state index contributed by atoms with van der Waals surface area (Å²) in [5, 5.41) is 19.4. The average molecular weight is 575 g/mol. The largest absolute Gasteiger partial charge is 0.473 e. The van der Waals surface area contributed by atoms with E-state index in [0.29, 0.717) is 19.0 Å². The lowest BCUT2D eigenvalue weighted by molar-refractivity contribution is -0.0593. The number of benzene rings is 2. The van der Waals surface area contributed by atoms with E-state index in [0.717, 1.165) is 24.6 Å². The number of hydrogen-bond donors (Lipinski definition) is 1. The molecule has 1 aliphatic rings. The van der Waals surface area contributed by atoms with Crippen LogP contribution >= 0.6 is 0 Å². The number of hydrogen-bond acceptors (Lipinski definition) is 8. The average Bonchev–Trinajstić information content (AvgIpc) is 3.57. The van der Waals surface area contributed by atoms with Crippen LogP contribution in [0.1, 0.15) is 28.9 Å². The molecule has 0 radical (unpaired) electrons. The van der Waals surface area contributed by atoms with Gasteiger partial charge in [-0.05, 0) is 42.3 Å². The number of nitriles is 1. The van der Waals surface area contributed by atoms with Crippen molar-refractivity contribution in [2.75, 3.05) is 6.61 Å². The molecule has 4 heterocycles. The molecule has 13 heteroatoms. The minimum Gasteiger partial charge on any atom is -0.473 e. The second-order valence-electron chi connectivity index (χ2n) is 9.58. The van der Waals surface area contributed by atoms with Gasteiger partial charge in [0.05, 0.1) is 36.0 Å². The SMILES string of the molecule is N#Cc1ccc(COc2cccc(-c3cc(F)c(Cc4nnc(-c5cc(=O)[nH]o5)n4CC4CCO4)cc3F)n2)c(F)c1. The monoisotopic (exact) mass is 574 g/mol. The highest BCUT2D eigenvalue weighted by atomic mass is 19.1. The van der Waals surface area contributed by atoms with Gasteiger partial charge in [0.25, 0.3) is 5.56 Å². The van der Waals surface area contributed by atoms with Crippen molar-refractivity contribution >= 4 is 0 Å². The standard InChI is InChI=1S/C29H21F3N6O4/c30-21-8-16(13-33)4-5-17(21)15-41-28-3-1-2-24(34-28)20-11-22(31)18(9-23(20)32)10-26-35-36-29(25-12-27(39)37-42-25)38(26)14-19-6-7-40-19/h1-5,8-9,11-12,19H,6-7,10,14-15H2,(H,37,39). The molecule has 2 aromatic carbocycles. The number of aromatic nitrogens is 5. The van der Waals surface area contributed by atoms with Gasteiger partial charge in [-0.1, -0.05) is 12.1 Å². The number of aromatic amines is 1. The lowest BCUT2D eigenvalue weighted by atomic mass is 10.0. The van der Waals surface area contributed by atoms with Crippen LogP contribution in [0.4, 0.5) is 13.2 Å². The first-order chi connectivity index (χ1) is 20.4. The van der Waals surface area contributed by atoms with Gasteiger partial charge in [-0.25, -0.2) is 18.2 Å². The molecule has 1 fully saturated rings. The summed E-state index contributed by atoms with van der Waals surface area (Å²) in [5.74, 6) is -1.18. The fraction of sp³-hybridized carbons (Fsp3) is 0.207. The highest BCUT2D eigenvalue weighted by Crippen LogP contribution is 2.28. The summed E-state index contributed by atoms with van der Waals surface area (Å²) in [6.45, 7) is 0.785. The van der Waals surface area contributed by atoms with E-state index >= 15 is 8.78 Å². The second kappa shape index (κ2) is 11.3. The molecule has 42 heavy (non-hydrogen) atoms. The molecule has 3 aromatic heterocycles. The van der Waals surface area contributed by atoms with Gasteiger partial charge in [-0.3, -0.25) is 4.79 Å². The number of nitrogens with one attached hydrogen (secondary N) is 1. The third-order valence-electron chi connectivity index (χ3n) is 6.79. The third-order valence-corrected chi connectivity index (χ3v) is 6.79. The van der Waals surface area contributed by atoms with E-state index < -0.39 is 23.0 Å². The van der Waals surface area contributed by atoms with E-state index in [2.05, 4.69) is 20.3 Å². The maximum Gasteiger partial charge on any atom is 0.280 e. The lowest BCUT2D eigenvalue weighted by Crippen LogP contribution is -2.32. The molecule has 212 valence electrons. The Labute approximate surface area is 235 Å². The molecule has 0 saturated carbocycles. The highest BCUT2D eigenvalue weighted by molar-refractivity contribution is 5.61. The molecule has 1 atom stereocenters. The molecule has 0 aliphatic carbocycles. The van der Waals surface area contributed by atoms with Gasteiger partial charge in [-0.2, -0.15) is 10.4 Å². The van der Waals surface area contributed by atoms with Crippen molar-refractivity contribution in [3.8, 4) is 34.8 Å². The van der Waals surface area contributed by atoms with E-state index in [1.807, 2.05) is 6.07 Å². The Morgan fingerprint density at radius 1 is 1.05 bits per heavy atom. The number of rotatable bonds is 9. The van der Waals surface area contributed by atoms with E-state index in [1.54, 1.807) is 10.6 Å². The van der Waals surface area contributed by atoms with Crippen LogP contribution in [0.3, 0.4) is 0 Å². The van der Waals surface area contributed by atoms with Crippen LogP contribution in [0.5, 0.6) is 5.88 Å². The van der Waals surface area contributed by atoms with Crippen molar-refractivity contribution in [3.05, 3.63) is 105 Å². The zero-order valence-corrected chi connectivity index (χ0v) is 21.8. The Hall–Kier alpha value is -5.22. The van der Waals surface area contributed by atoms with Crippen LogP contribution in [0.25, 0.3) is 22.8 Å². The van der Waals surface area contributed by atoms with Crippen molar-refractivity contribution in [1.82, 2.24) is 24.9 Å². The molecule has 1 unspecified atom stereocenters. The van der Waals surface area contributed by atoms with Crippen molar-refractivity contribution in [3.63, 3.8) is 0 Å². The van der Waals surface area contributed by atoms with Crippen LogP contribution in [0.15, 0.2) is 63.9 Å². The van der Waals surface area contributed by atoms with Crippen molar-refractivity contribution in [2.45, 2.75) is 32.1 Å². The van der Waals surface area contributed by atoms with Crippen LogP contribution in [-0.2, 0) is 24.3 Å². The number of halogens is 3. The van der Waals surface area contributed by atoms with Crippen molar-refractivity contribution < 1.29 is 27.2 Å². The van der Waals surface area contributed by atoms with Crippen LogP contribution in [0.2, 0.25) is 0 Å². The smallest absolute Gasteiger partial charge is 0.280 e. The topological polar surface area (TPSA) is 132 Å². The Kier molecular flexibility index (Phi) is 7.28. The molecule has 0 amide bonds. The number of H-pyrrole nitrogens is 1. The normalized spacial score (nSPS) is 14.4. The summed E-state index contributed by atoms with van der Waals surface area (Å²) >= 11 is 0. The number of pyridine rings is 1. The van der Waals surface area contributed by atoms with Gasteiger partial charge >= 0.3 is 0 Å². The fourth-order valence-electron chi connectivity index (χ4n) is 4.49. The summed E-state index contributed by atoms with van der Waals surface area (Å²) in [4.78, 5) is 15.8. The summed E-state index contributed by atoms with van der Waals surface area (Å²) < 4.78 is 62.8. The van der Waals surface area contributed by atoms with E-state index in [9.17, 15) is 9.18 Å². The van der Waals surface area contributed by atoms with Gasteiger partial charge in [0.1, 0.15) is 29.9 Å². The van der Waals surface area contributed by atoms with Crippen molar-refractivity contribution in [1.29, 1.82) is 5.26 Å². The molecule has 0 bridgehead atoms. The third kappa shape index (κ3) is 5.52. The van der Waals surface area contributed by atoms with Gasteiger partial charge in [0.2, 0.25) is 17.5 Å². The molecule has 6 rings (SSSR count). The molecule has 1 aliphatic heterocycles. The summed E-state index contributed by atoms with van der Waals surface area (Å²) in [6.07, 6.45) is 0.607. The highest BCUT2D eigenvalue weighted by Gasteiger charge is 2.25. The van der Waals surface area contributed by atoms with E-state index in [1.165, 1.54) is 30.3 Å². The number of ether oxygens (including phenoxy) is 2. The Morgan fingerprint density at radius 2 is 1.88 bits per heavy atom. The molecular weight excluding hydrogens is 553 g/mol. The quantitative estimate of drug-likeness (QED) is 0.272. The molecule has 0 spiro atoms.